The molecule has 9 nitrogen and oxygen atoms in total. The van der Waals surface area contributed by atoms with Crippen molar-refractivity contribution in [2.24, 2.45) is 5.92 Å². The van der Waals surface area contributed by atoms with Crippen molar-refractivity contribution in [1.29, 1.82) is 0 Å². The number of fused-ring (bicyclic) bond motifs is 1. The molecule has 0 spiro atoms. The van der Waals surface area contributed by atoms with Crippen LogP contribution in [0.25, 0.3) is 22.4 Å². The Morgan fingerprint density at radius 1 is 0.974 bits per heavy atom. The number of nitrogens with zero attached hydrogens (tertiary/aromatic N) is 6. The summed E-state index contributed by atoms with van der Waals surface area (Å²) < 4.78 is 3.65. The quantitative estimate of drug-likeness (QED) is 0.335. The average molecular weight is 542 g/mol. The topological polar surface area (TPSA) is 99.6 Å². The number of benzene rings is 2. The van der Waals surface area contributed by atoms with Crippen LogP contribution in [0.15, 0.2) is 78.0 Å². The molecule has 0 bridgehead atoms. The predicted molar refractivity (Wildman–Crippen MR) is 150 cm³/mol. The van der Waals surface area contributed by atoms with Crippen LogP contribution >= 0.6 is 11.6 Å². The van der Waals surface area contributed by atoms with Crippen LogP contribution in [-0.4, -0.2) is 41.1 Å². The molecule has 0 aliphatic heterocycles. The van der Waals surface area contributed by atoms with Gasteiger partial charge in [0.1, 0.15) is 0 Å². The standard InChI is InChI=1S/C29H28ClN7O2/c1-19-25(15-21(30)17-31-19)28(38)34-22-11-9-20(10-12-22)18-35-26-7-2-3-8-27(26)36(29(35)39)23-5-4-6-24(16-23)37-32-13-14-33-37/h2-8,13-17,20,22H,9-12,18H2,1H3,(H,34,38). The van der Waals surface area contributed by atoms with Crippen LogP contribution in [0.1, 0.15) is 41.7 Å². The molecule has 0 radical (unpaired) electrons. The van der Waals surface area contributed by atoms with Crippen molar-refractivity contribution in [1.82, 2.24) is 34.4 Å². The van der Waals surface area contributed by atoms with E-state index in [1.165, 1.54) is 4.80 Å². The minimum Gasteiger partial charge on any atom is -0.349 e. The number of amides is 1. The van der Waals surface area contributed by atoms with Crippen LogP contribution in [-0.2, 0) is 6.54 Å². The van der Waals surface area contributed by atoms with Gasteiger partial charge in [-0.25, -0.2) is 4.79 Å². The molecule has 1 saturated carbocycles. The van der Waals surface area contributed by atoms with E-state index in [9.17, 15) is 9.59 Å². The fourth-order valence-electron chi connectivity index (χ4n) is 5.49. The minimum atomic E-state index is -0.141. The Kier molecular flexibility index (Phi) is 6.74. The number of aromatic nitrogens is 6. The maximum absolute atomic E-state index is 13.8. The first-order chi connectivity index (χ1) is 19.0. The number of nitrogens with one attached hydrogen (secondary N) is 1. The van der Waals surface area contributed by atoms with Crippen molar-refractivity contribution in [2.75, 3.05) is 0 Å². The van der Waals surface area contributed by atoms with Gasteiger partial charge in [0, 0.05) is 18.8 Å². The highest BCUT2D eigenvalue weighted by atomic mass is 35.5. The number of carbonyl (C=O) groups excluding carboxylic acids is 1. The summed E-state index contributed by atoms with van der Waals surface area (Å²) in [4.78, 5) is 32.3. The number of carbonyl (C=O) groups is 1. The number of para-hydroxylation sites is 2. The first-order valence-corrected chi connectivity index (χ1v) is 13.5. The Morgan fingerprint density at radius 2 is 1.69 bits per heavy atom. The van der Waals surface area contributed by atoms with Gasteiger partial charge in [0.05, 0.1) is 51.1 Å². The van der Waals surface area contributed by atoms with Crippen molar-refractivity contribution in [3.05, 3.63) is 100.0 Å². The second kappa shape index (κ2) is 10.5. The highest BCUT2D eigenvalue weighted by molar-refractivity contribution is 6.30. The zero-order chi connectivity index (χ0) is 26.9. The number of pyridine rings is 1. The van der Waals surface area contributed by atoms with Crippen molar-refractivity contribution in [3.8, 4) is 11.4 Å². The first kappa shape index (κ1) is 25.1. The molecule has 1 aliphatic carbocycles. The van der Waals surface area contributed by atoms with E-state index < -0.39 is 0 Å². The molecule has 1 N–H and O–H groups in total. The van der Waals surface area contributed by atoms with Gasteiger partial charge in [0.2, 0.25) is 0 Å². The third-order valence-electron chi connectivity index (χ3n) is 7.49. The molecule has 1 aliphatic rings. The summed E-state index contributed by atoms with van der Waals surface area (Å²) in [6.07, 6.45) is 8.35. The number of imidazole rings is 1. The summed E-state index contributed by atoms with van der Waals surface area (Å²) in [5.74, 6) is 0.196. The van der Waals surface area contributed by atoms with Gasteiger partial charge in [0.25, 0.3) is 5.91 Å². The summed E-state index contributed by atoms with van der Waals surface area (Å²) in [6.45, 7) is 2.44. The van der Waals surface area contributed by atoms with Crippen LogP contribution in [0.5, 0.6) is 0 Å². The normalized spacial score (nSPS) is 17.4. The van der Waals surface area contributed by atoms with Gasteiger partial charge in [-0.2, -0.15) is 15.0 Å². The molecular formula is C29H28ClN7O2. The van der Waals surface area contributed by atoms with Crippen molar-refractivity contribution in [2.45, 2.75) is 45.2 Å². The third-order valence-corrected chi connectivity index (χ3v) is 7.70. The average Bonchev–Trinajstić information content (AvgIpc) is 3.58. The van der Waals surface area contributed by atoms with Gasteiger partial charge < -0.3 is 5.32 Å². The third kappa shape index (κ3) is 4.97. The van der Waals surface area contributed by atoms with E-state index in [4.69, 9.17) is 11.6 Å². The van der Waals surface area contributed by atoms with Gasteiger partial charge in [-0.3, -0.25) is 18.9 Å². The molecule has 0 saturated heterocycles. The lowest BCUT2D eigenvalue weighted by Crippen LogP contribution is -2.39. The Bertz CT molecular complexity index is 1700. The second-order valence-electron chi connectivity index (χ2n) is 10.0. The number of aryl methyl sites for hydroxylation is 1. The molecule has 39 heavy (non-hydrogen) atoms. The predicted octanol–water partition coefficient (Wildman–Crippen LogP) is 4.72. The molecule has 2 aromatic carbocycles. The van der Waals surface area contributed by atoms with Gasteiger partial charge in [0.15, 0.2) is 0 Å². The van der Waals surface area contributed by atoms with Crippen molar-refractivity contribution in [3.63, 3.8) is 0 Å². The smallest absolute Gasteiger partial charge is 0.333 e. The van der Waals surface area contributed by atoms with Gasteiger partial charge in [-0.1, -0.05) is 29.8 Å². The molecule has 0 unspecified atom stereocenters. The molecular weight excluding hydrogens is 514 g/mol. The lowest BCUT2D eigenvalue weighted by Gasteiger charge is -2.29. The second-order valence-corrected chi connectivity index (χ2v) is 10.5. The zero-order valence-electron chi connectivity index (χ0n) is 21.5. The van der Waals surface area contributed by atoms with E-state index in [0.717, 1.165) is 48.1 Å². The van der Waals surface area contributed by atoms with E-state index >= 15 is 0 Å². The molecule has 3 aromatic heterocycles. The number of rotatable bonds is 6. The Hall–Kier alpha value is -4.24. The number of hydrogen-bond donors (Lipinski definition) is 1. The molecule has 6 rings (SSSR count). The lowest BCUT2D eigenvalue weighted by molar-refractivity contribution is 0.0919. The maximum Gasteiger partial charge on any atom is 0.333 e. The van der Waals surface area contributed by atoms with Crippen LogP contribution in [0.2, 0.25) is 5.02 Å². The van der Waals surface area contributed by atoms with Crippen molar-refractivity contribution < 1.29 is 4.79 Å². The van der Waals surface area contributed by atoms with E-state index in [2.05, 4.69) is 20.5 Å². The Balaban J connectivity index is 1.20. The molecule has 10 heteroatoms. The van der Waals surface area contributed by atoms with Crippen LogP contribution < -0.4 is 11.0 Å². The zero-order valence-corrected chi connectivity index (χ0v) is 22.3. The molecule has 3 heterocycles. The van der Waals surface area contributed by atoms with Crippen LogP contribution in [0.4, 0.5) is 0 Å². The van der Waals surface area contributed by atoms with Gasteiger partial charge in [-0.05, 0) is 74.9 Å². The number of hydrogen-bond acceptors (Lipinski definition) is 5. The first-order valence-electron chi connectivity index (χ1n) is 13.1. The van der Waals surface area contributed by atoms with Crippen molar-refractivity contribution >= 4 is 28.5 Å². The monoisotopic (exact) mass is 541 g/mol. The Labute approximate surface area is 230 Å². The summed E-state index contributed by atoms with van der Waals surface area (Å²) >= 11 is 6.05. The SMILES string of the molecule is Cc1ncc(Cl)cc1C(=O)NC1CCC(Cn2c(=O)n(-c3cccc(-n4nccn4)c3)c3ccccc32)CC1. The summed E-state index contributed by atoms with van der Waals surface area (Å²) in [6, 6.07) is 17.3. The molecule has 0 atom stereocenters. The van der Waals surface area contributed by atoms with E-state index in [1.807, 2.05) is 53.1 Å². The summed E-state index contributed by atoms with van der Waals surface area (Å²) in [5, 5.41) is 12.0. The highest BCUT2D eigenvalue weighted by Crippen LogP contribution is 2.28. The highest BCUT2D eigenvalue weighted by Gasteiger charge is 2.25. The summed E-state index contributed by atoms with van der Waals surface area (Å²) in [7, 11) is 0. The summed E-state index contributed by atoms with van der Waals surface area (Å²) in [5.41, 5.74) is 4.42. The van der Waals surface area contributed by atoms with E-state index in [-0.39, 0.29) is 17.6 Å². The van der Waals surface area contributed by atoms with E-state index in [1.54, 1.807) is 36.1 Å². The fraction of sp³-hybridized carbons (Fsp3) is 0.276. The van der Waals surface area contributed by atoms with Crippen LogP contribution in [0.3, 0.4) is 0 Å². The number of halogens is 1. The molecule has 1 amide bonds. The molecule has 198 valence electrons. The van der Waals surface area contributed by atoms with E-state index in [0.29, 0.717) is 28.7 Å². The van der Waals surface area contributed by atoms with Gasteiger partial charge >= 0.3 is 5.69 Å². The maximum atomic E-state index is 13.8. The molecule has 1 fully saturated rings. The van der Waals surface area contributed by atoms with Crippen LogP contribution in [0, 0.1) is 12.8 Å². The fourth-order valence-corrected chi connectivity index (χ4v) is 5.65. The minimum absolute atomic E-state index is 0.0684. The Morgan fingerprint density at radius 3 is 2.46 bits per heavy atom. The lowest BCUT2D eigenvalue weighted by atomic mass is 9.85. The largest absolute Gasteiger partial charge is 0.349 e. The molecule has 5 aromatic rings. The van der Waals surface area contributed by atoms with Gasteiger partial charge in [-0.15, -0.1) is 0 Å².